The summed E-state index contributed by atoms with van der Waals surface area (Å²) < 4.78 is 0.858. The second-order valence-corrected chi connectivity index (χ2v) is 8.27. The molecule has 0 radical (unpaired) electrons. The first-order valence-electron chi connectivity index (χ1n) is 8.13. The molecule has 0 bridgehead atoms. The normalized spacial score (nSPS) is 21.6. The van der Waals surface area contributed by atoms with Gasteiger partial charge in [0.05, 0.1) is 0 Å². The maximum absolute atomic E-state index is 12.0. The van der Waals surface area contributed by atoms with Crippen molar-refractivity contribution in [3.8, 4) is 0 Å². The smallest absolute Gasteiger partial charge is 0.313 e. The van der Waals surface area contributed by atoms with Gasteiger partial charge >= 0.3 is 11.8 Å². The maximum atomic E-state index is 12.0. The quantitative estimate of drug-likeness (QED) is 0.758. The van der Waals surface area contributed by atoms with Gasteiger partial charge in [-0.05, 0) is 55.2 Å². The summed E-state index contributed by atoms with van der Waals surface area (Å²) in [6.45, 7) is 6.80. The third-order valence-corrected chi connectivity index (χ3v) is 5.07. The Labute approximate surface area is 146 Å². The average molecular weight is 381 g/mol. The van der Waals surface area contributed by atoms with Gasteiger partial charge in [-0.15, -0.1) is 0 Å². The van der Waals surface area contributed by atoms with Crippen LogP contribution in [0.4, 0.5) is 5.69 Å². The van der Waals surface area contributed by atoms with Crippen LogP contribution in [0.25, 0.3) is 0 Å². The first-order chi connectivity index (χ1) is 10.8. The molecule has 1 aromatic carbocycles. The van der Waals surface area contributed by atoms with Crippen molar-refractivity contribution in [1.82, 2.24) is 5.32 Å². The van der Waals surface area contributed by atoms with E-state index in [2.05, 4.69) is 47.3 Å². The minimum Gasteiger partial charge on any atom is -0.345 e. The molecule has 23 heavy (non-hydrogen) atoms. The highest BCUT2D eigenvalue weighted by Gasteiger charge is 2.30. The summed E-state index contributed by atoms with van der Waals surface area (Å²) in [5.74, 6) is -0.476. The van der Waals surface area contributed by atoms with Crippen LogP contribution in [0.5, 0.6) is 0 Å². The van der Waals surface area contributed by atoms with Gasteiger partial charge in [0.1, 0.15) is 0 Å². The van der Waals surface area contributed by atoms with Gasteiger partial charge in [-0.25, -0.2) is 0 Å². The van der Waals surface area contributed by atoms with Crippen LogP contribution in [0.3, 0.4) is 0 Å². The molecule has 0 aliphatic heterocycles. The van der Waals surface area contributed by atoms with Gasteiger partial charge in [-0.2, -0.15) is 0 Å². The molecule has 1 fully saturated rings. The molecule has 5 heteroatoms. The highest BCUT2D eigenvalue weighted by atomic mass is 79.9. The average Bonchev–Trinajstić information content (AvgIpc) is 2.46. The van der Waals surface area contributed by atoms with E-state index >= 15 is 0 Å². The van der Waals surface area contributed by atoms with Gasteiger partial charge in [0.25, 0.3) is 0 Å². The molecule has 0 unspecified atom stereocenters. The van der Waals surface area contributed by atoms with E-state index < -0.39 is 11.8 Å². The number of halogens is 1. The number of rotatable bonds is 2. The molecule has 1 aromatic rings. The Kier molecular flexibility index (Phi) is 5.84. The molecule has 2 amide bonds. The molecule has 2 rings (SSSR count). The van der Waals surface area contributed by atoms with Gasteiger partial charge in [-0.3, -0.25) is 9.59 Å². The second kappa shape index (κ2) is 7.47. The molecule has 0 saturated heterocycles. The Balaban J connectivity index is 1.82. The molecule has 1 saturated carbocycles. The first-order valence-corrected chi connectivity index (χ1v) is 8.92. The van der Waals surface area contributed by atoms with Crippen molar-refractivity contribution < 1.29 is 9.59 Å². The SMILES string of the molecule is CC(C)(C)C1CCC(NC(=O)C(=O)Nc2cccc(Br)c2)CC1. The zero-order valence-corrected chi connectivity index (χ0v) is 15.6. The van der Waals surface area contributed by atoms with Crippen molar-refractivity contribution in [2.75, 3.05) is 5.32 Å². The molecule has 0 heterocycles. The first kappa shape index (κ1) is 18.0. The largest absolute Gasteiger partial charge is 0.345 e. The van der Waals surface area contributed by atoms with E-state index in [-0.39, 0.29) is 6.04 Å². The lowest BCUT2D eigenvalue weighted by molar-refractivity contribution is -0.136. The molecule has 1 aliphatic carbocycles. The number of hydrogen-bond donors (Lipinski definition) is 2. The lowest BCUT2D eigenvalue weighted by Gasteiger charge is -2.37. The van der Waals surface area contributed by atoms with Crippen LogP contribution in [-0.2, 0) is 9.59 Å². The van der Waals surface area contributed by atoms with Gasteiger partial charge in [0.15, 0.2) is 0 Å². The number of carbonyl (C=O) groups excluding carboxylic acids is 2. The van der Waals surface area contributed by atoms with Gasteiger partial charge in [0.2, 0.25) is 0 Å². The molecule has 1 aliphatic rings. The summed E-state index contributed by atoms with van der Waals surface area (Å²) >= 11 is 3.34. The Hall–Kier alpha value is -1.36. The van der Waals surface area contributed by atoms with Crippen LogP contribution in [0.15, 0.2) is 28.7 Å². The molecular formula is C18H25BrN2O2. The number of benzene rings is 1. The second-order valence-electron chi connectivity index (χ2n) is 7.35. The molecule has 0 spiro atoms. The zero-order valence-electron chi connectivity index (χ0n) is 14.0. The van der Waals surface area contributed by atoms with Crippen molar-refractivity contribution in [3.63, 3.8) is 0 Å². The van der Waals surface area contributed by atoms with E-state index in [1.165, 1.54) is 0 Å². The van der Waals surface area contributed by atoms with E-state index in [1.807, 2.05) is 12.1 Å². The fourth-order valence-corrected chi connectivity index (χ4v) is 3.51. The fraction of sp³-hybridized carbons (Fsp3) is 0.556. The topological polar surface area (TPSA) is 58.2 Å². The van der Waals surface area contributed by atoms with E-state index in [0.29, 0.717) is 17.0 Å². The number of hydrogen-bond acceptors (Lipinski definition) is 2. The highest BCUT2D eigenvalue weighted by molar-refractivity contribution is 9.10. The van der Waals surface area contributed by atoms with E-state index in [0.717, 1.165) is 30.2 Å². The fourth-order valence-electron chi connectivity index (χ4n) is 3.11. The summed E-state index contributed by atoms with van der Waals surface area (Å²) in [5.41, 5.74) is 0.920. The highest BCUT2D eigenvalue weighted by Crippen LogP contribution is 2.37. The molecule has 126 valence electrons. The van der Waals surface area contributed by atoms with Crippen LogP contribution in [-0.4, -0.2) is 17.9 Å². The third-order valence-electron chi connectivity index (χ3n) is 4.58. The van der Waals surface area contributed by atoms with E-state index in [1.54, 1.807) is 12.1 Å². The van der Waals surface area contributed by atoms with Gasteiger partial charge in [0, 0.05) is 16.2 Å². The van der Waals surface area contributed by atoms with E-state index in [4.69, 9.17) is 0 Å². The molecule has 2 N–H and O–H groups in total. The molecular weight excluding hydrogens is 356 g/mol. The summed E-state index contributed by atoms with van der Waals surface area (Å²) in [6, 6.07) is 7.30. The van der Waals surface area contributed by atoms with Crippen LogP contribution < -0.4 is 10.6 Å². The van der Waals surface area contributed by atoms with Crippen LogP contribution >= 0.6 is 15.9 Å². The zero-order chi connectivity index (χ0) is 17.0. The Morgan fingerprint density at radius 2 is 1.74 bits per heavy atom. The minimum absolute atomic E-state index is 0.106. The van der Waals surface area contributed by atoms with Crippen molar-refractivity contribution in [2.45, 2.75) is 52.5 Å². The van der Waals surface area contributed by atoms with Crippen LogP contribution in [0.2, 0.25) is 0 Å². The third kappa shape index (κ3) is 5.34. The van der Waals surface area contributed by atoms with Crippen molar-refractivity contribution in [2.24, 2.45) is 11.3 Å². The molecule has 0 atom stereocenters. The van der Waals surface area contributed by atoms with Crippen molar-refractivity contribution in [3.05, 3.63) is 28.7 Å². The Morgan fingerprint density at radius 3 is 2.30 bits per heavy atom. The Bertz CT molecular complexity index is 573. The van der Waals surface area contributed by atoms with Crippen LogP contribution in [0, 0.1) is 11.3 Å². The number of nitrogens with one attached hydrogen (secondary N) is 2. The van der Waals surface area contributed by atoms with Gasteiger partial charge < -0.3 is 10.6 Å². The number of carbonyl (C=O) groups is 2. The minimum atomic E-state index is -0.610. The predicted molar refractivity (Wildman–Crippen MR) is 96.1 cm³/mol. The number of anilines is 1. The van der Waals surface area contributed by atoms with Gasteiger partial charge in [-0.1, -0.05) is 42.8 Å². The lowest BCUT2D eigenvalue weighted by atomic mass is 9.71. The Morgan fingerprint density at radius 1 is 1.09 bits per heavy atom. The monoisotopic (exact) mass is 380 g/mol. The predicted octanol–water partition coefficient (Wildman–Crippen LogP) is 4.11. The number of amides is 2. The van der Waals surface area contributed by atoms with E-state index in [9.17, 15) is 9.59 Å². The van der Waals surface area contributed by atoms with Crippen molar-refractivity contribution in [1.29, 1.82) is 0 Å². The maximum Gasteiger partial charge on any atom is 0.313 e. The summed E-state index contributed by atoms with van der Waals surface area (Å²) in [4.78, 5) is 24.0. The molecule has 4 nitrogen and oxygen atoms in total. The summed E-state index contributed by atoms with van der Waals surface area (Å²) in [5, 5.41) is 5.49. The lowest BCUT2D eigenvalue weighted by Crippen LogP contribution is -2.44. The molecule has 0 aromatic heterocycles. The van der Waals surface area contributed by atoms with Crippen molar-refractivity contribution >= 4 is 33.4 Å². The summed E-state index contributed by atoms with van der Waals surface area (Å²) in [7, 11) is 0. The standard InChI is InChI=1S/C18H25BrN2O2/c1-18(2,3)12-7-9-14(10-8-12)20-16(22)17(23)21-15-6-4-5-13(19)11-15/h4-6,11-12,14H,7-10H2,1-3H3,(H,20,22)(H,21,23). The van der Waals surface area contributed by atoms with Crippen LogP contribution in [0.1, 0.15) is 46.5 Å². The summed E-state index contributed by atoms with van der Waals surface area (Å²) in [6.07, 6.45) is 4.08.